The molecule has 180 valence electrons. The van der Waals surface area contributed by atoms with E-state index in [9.17, 15) is 14.7 Å². The summed E-state index contributed by atoms with van der Waals surface area (Å²) in [6, 6.07) is 19.0. The van der Waals surface area contributed by atoms with Gasteiger partial charge < -0.3 is 14.6 Å². The number of Topliss-reactive ketones (excluding diaryl/α,β-unsaturated/α-hetero) is 1. The maximum Gasteiger partial charge on any atom is 0.300 e. The highest BCUT2D eigenvalue weighted by Gasteiger charge is 2.47. The van der Waals surface area contributed by atoms with Crippen LogP contribution >= 0.6 is 0 Å². The number of ketones is 1. The molecule has 35 heavy (non-hydrogen) atoms. The zero-order valence-electron chi connectivity index (χ0n) is 20.5. The highest BCUT2D eigenvalue weighted by molar-refractivity contribution is 6.51. The van der Waals surface area contributed by atoms with Gasteiger partial charge in [-0.2, -0.15) is 0 Å². The van der Waals surface area contributed by atoms with Gasteiger partial charge in [-0.05, 0) is 80.8 Å². The molecule has 3 aromatic rings. The van der Waals surface area contributed by atoms with E-state index in [1.807, 2.05) is 70.2 Å². The Kier molecular flexibility index (Phi) is 6.65. The van der Waals surface area contributed by atoms with Crippen molar-refractivity contribution in [2.75, 3.05) is 12.0 Å². The molecule has 0 saturated carbocycles. The number of rotatable bonds is 6. The Bertz CT molecular complexity index is 1300. The third-order valence-corrected chi connectivity index (χ3v) is 5.82. The van der Waals surface area contributed by atoms with E-state index >= 15 is 0 Å². The van der Waals surface area contributed by atoms with Crippen molar-refractivity contribution in [3.63, 3.8) is 0 Å². The molecule has 1 fully saturated rings. The van der Waals surface area contributed by atoms with Crippen LogP contribution in [0.25, 0.3) is 5.76 Å². The van der Waals surface area contributed by atoms with Gasteiger partial charge in [-0.25, -0.2) is 0 Å². The van der Waals surface area contributed by atoms with Gasteiger partial charge in [0.15, 0.2) is 0 Å². The molecule has 1 aliphatic rings. The Morgan fingerprint density at radius 2 is 1.57 bits per heavy atom. The lowest BCUT2D eigenvalue weighted by Crippen LogP contribution is -2.29. The maximum atomic E-state index is 13.4. The van der Waals surface area contributed by atoms with Gasteiger partial charge in [-0.3, -0.25) is 14.5 Å². The number of methoxy groups -OCH3 is 1. The molecule has 1 aliphatic heterocycles. The number of nitrogens with zero attached hydrogens (tertiary/aromatic N) is 1. The first-order valence-electron chi connectivity index (χ1n) is 11.5. The molecule has 6 nitrogen and oxygen atoms in total. The van der Waals surface area contributed by atoms with Crippen LogP contribution < -0.4 is 14.4 Å². The number of aryl methyl sites for hydroxylation is 2. The van der Waals surface area contributed by atoms with E-state index < -0.39 is 17.7 Å². The van der Waals surface area contributed by atoms with E-state index in [4.69, 9.17) is 9.47 Å². The fourth-order valence-corrected chi connectivity index (χ4v) is 4.46. The standard InChI is InChI=1S/C29H29NO5/c1-17(2)35-24-11-6-8-20(15-24)26-25(27(31)21-9-7-10-23(16-21)34-5)28(32)29(33)30(26)22-13-18(3)12-19(4)14-22/h6-17,26,31H,1-5H3/b27-25+. The van der Waals surface area contributed by atoms with Crippen LogP contribution in [0, 0.1) is 13.8 Å². The largest absolute Gasteiger partial charge is 0.507 e. The molecule has 1 atom stereocenters. The van der Waals surface area contributed by atoms with E-state index in [1.54, 1.807) is 24.3 Å². The average molecular weight is 472 g/mol. The van der Waals surface area contributed by atoms with Gasteiger partial charge in [0.25, 0.3) is 11.7 Å². The number of hydrogen-bond acceptors (Lipinski definition) is 5. The van der Waals surface area contributed by atoms with Crippen molar-refractivity contribution in [1.29, 1.82) is 0 Å². The molecule has 4 rings (SSSR count). The maximum absolute atomic E-state index is 13.4. The van der Waals surface area contributed by atoms with Crippen molar-refractivity contribution in [3.8, 4) is 11.5 Å². The van der Waals surface area contributed by atoms with Crippen LogP contribution in [0.2, 0.25) is 0 Å². The second kappa shape index (κ2) is 9.66. The van der Waals surface area contributed by atoms with Crippen molar-refractivity contribution >= 4 is 23.1 Å². The minimum atomic E-state index is -0.835. The Balaban J connectivity index is 1.96. The summed E-state index contributed by atoms with van der Waals surface area (Å²) in [5.74, 6) is -0.551. The first-order chi connectivity index (χ1) is 16.7. The van der Waals surface area contributed by atoms with Gasteiger partial charge in [0, 0.05) is 11.3 Å². The first kappa shape index (κ1) is 24.1. The summed E-state index contributed by atoms with van der Waals surface area (Å²) in [6.45, 7) is 7.74. The van der Waals surface area contributed by atoms with Gasteiger partial charge in [0.2, 0.25) is 0 Å². The number of carbonyl (C=O) groups is 2. The highest BCUT2D eigenvalue weighted by Crippen LogP contribution is 2.43. The number of aliphatic hydroxyl groups is 1. The topological polar surface area (TPSA) is 76.1 Å². The minimum absolute atomic E-state index is 0.0177. The second-order valence-electron chi connectivity index (χ2n) is 8.99. The zero-order chi connectivity index (χ0) is 25.3. The van der Waals surface area contributed by atoms with Crippen molar-refractivity contribution in [3.05, 3.63) is 94.6 Å². The van der Waals surface area contributed by atoms with Crippen LogP contribution in [0.5, 0.6) is 11.5 Å². The molecular weight excluding hydrogens is 442 g/mol. The summed E-state index contributed by atoms with van der Waals surface area (Å²) in [7, 11) is 1.53. The second-order valence-corrected chi connectivity index (χ2v) is 8.99. The minimum Gasteiger partial charge on any atom is -0.507 e. The molecule has 3 aromatic carbocycles. The van der Waals surface area contributed by atoms with Crippen LogP contribution in [0.1, 0.15) is 42.1 Å². The van der Waals surface area contributed by atoms with Crippen molar-refractivity contribution in [2.45, 2.75) is 39.8 Å². The SMILES string of the molecule is COc1cccc(/C(O)=C2\C(=O)C(=O)N(c3cc(C)cc(C)c3)C2c2cccc(OC(C)C)c2)c1. The van der Waals surface area contributed by atoms with Crippen LogP contribution in [-0.4, -0.2) is 30.0 Å². The molecular formula is C29H29NO5. The van der Waals surface area contributed by atoms with E-state index in [0.717, 1.165) is 11.1 Å². The molecule has 0 aliphatic carbocycles. The van der Waals surface area contributed by atoms with Gasteiger partial charge >= 0.3 is 0 Å². The van der Waals surface area contributed by atoms with E-state index in [0.29, 0.717) is 28.3 Å². The summed E-state index contributed by atoms with van der Waals surface area (Å²) in [6.07, 6.45) is -0.0483. The normalized spacial score (nSPS) is 17.2. The molecule has 1 unspecified atom stereocenters. The predicted molar refractivity (Wildman–Crippen MR) is 136 cm³/mol. The quantitative estimate of drug-likeness (QED) is 0.282. The summed E-state index contributed by atoms with van der Waals surface area (Å²) >= 11 is 0. The summed E-state index contributed by atoms with van der Waals surface area (Å²) < 4.78 is 11.2. The molecule has 0 radical (unpaired) electrons. The zero-order valence-corrected chi connectivity index (χ0v) is 20.5. The Labute approximate surface area is 205 Å². The summed E-state index contributed by atoms with van der Waals surface area (Å²) in [5.41, 5.74) is 3.59. The molecule has 1 amide bonds. The molecule has 0 aromatic heterocycles. The monoisotopic (exact) mass is 471 g/mol. The summed E-state index contributed by atoms with van der Waals surface area (Å²) in [4.78, 5) is 28.3. The van der Waals surface area contributed by atoms with Gasteiger partial charge in [0.1, 0.15) is 17.3 Å². The van der Waals surface area contributed by atoms with Crippen molar-refractivity contribution in [2.24, 2.45) is 0 Å². The lowest BCUT2D eigenvalue weighted by molar-refractivity contribution is -0.132. The van der Waals surface area contributed by atoms with Crippen LogP contribution in [-0.2, 0) is 9.59 Å². The number of hydrogen-bond donors (Lipinski definition) is 1. The number of ether oxygens (including phenoxy) is 2. The van der Waals surface area contributed by atoms with Crippen LogP contribution in [0.4, 0.5) is 5.69 Å². The molecule has 1 heterocycles. The predicted octanol–water partition coefficient (Wildman–Crippen LogP) is 5.73. The lowest BCUT2D eigenvalue weighted by Gasteiger charge is -2.26. The first-order valence-corrected chi connectivity index (χ1v) is 11.5. The number of benzene rings is 3. The van der Waals surface area contributed by atoms with Crippen LogP contribution in [0.15, 0.2) is 72.3 Å². The van der Waals surface area contributed by atoms with Gasteiger partial charge in [0.05, 0.1) is 24.8 Å². The molecule has 0 spiro atoms. The fraction of sp³-hybridized carbons (Fsp3) is 0.241. The van der Waals surface area contributed by atoms with Crippen molar-refractivity contribution < 1.29 is 24.2 Å². The number of carbonyl (C=O) groups excluding carboxylic acids is 2. The average Bonchev–Trinajstić information content (AvgIpc) is 3.08. The number of amides is 1. The lowest BCUT2D eigenvalue weighted by atomic mass is 9.94. The highest BCUT2D eigenvalue weighted by atomic mass is 16.5. The molecule has 1 saturated heterocycles. The van der Waals surface area contributed by atoms with Crippen molar-refractivity contribution in [1.82, 2.24) is 0 Å². The third kappa shape index (κ3) is 4.78. The van der Waals surface area contributed by atoms with E-state index in [2.05, 4.69) is 0 Å². The Morgan fingerprint density at radius 3 is 2.23 bits per heavy atom. The van der Waals surface area contributed by atoms with E-state index in [-0.39, 0.29) is 17.4 Å². The smallest absolute Gasteiger partial charge is 0.300 e. The molecule has 1 N–H and O–H groups in total. The number of anilines is 1. The summed E-state index contributed by atoms with van der Waals surface area (Å²) in [5, 5.41) is 11.3. The Morgan fingerprint density at radius 1 is 0.914 bits per heavy atom. The molecule has 0 bridgehead atoms. The molecule has 6 heteroatoms. The number of aliphatic hydroxyl groups excluding tert-OH is 1. The van der Waals surface area contributed by atoms with Gasteiger partial charge in [-0.1, -0.05) is 30.3 Å². The Hall–Kier alpha value is -4.06. The van der Waals surface area contributed by atoms with Gasteiger partial charge in [-0.15, -0.1) is 0 Å². The van der Waals surface area contributed by atoms with E-state index in [1.165, 1.54) is 12.0 Å². The fourth-order valence-electron chi connectivity index (χ4n) is 4.46. The van der Waals surface area contributed by atoms with Crippen LogP contribution in [0.3, 0.4) is 0 Å². The third-order valence-electron chi connectivity index (χ3n) is 5.82.